The summed E-state index contributed by atoms with van der Waals surface area (Å²) in [6.45, 7) is 3.68. The zero-order chi connectivity index (χ0) is 19.9. The Morgan fingerprint density at radius 1 is 0.714 bits per heavy atom. The minimum absolute atomic E-state index is 0.205. The summed E-state index contributed by atoms with van der Waals surface area (Å²) in [6, 6.07) is 26.1. The molecule has 4 nitrogen and oxygen atoms in total. The second kappa shape index (κ2) is 9.00. The van der Waals surface area contributed by atoms with Crippen LogP contribution in [-0.2, 0) is 9.59 Å². The fourth-order valence-electron chi connectivity index (χ4n) is 3.04. The fourth-order valence-corrected chi connectivity index (χ4v) is 3.04. The van der Waals surface area contributed by atoms with Crippen LogP contribution in [0.1, 0.15) is 29.5 Å². The molecule has 28 heavy (non-hydrogen) atoms. The van der Waals surface area contributed by atoms with E-state index >= 15 is 0 Å². The lowest BCUT2D eigenvalue weighted by Crippen LogP contribution is -2.43. The molecule has 0 radical (unpaired) electrons. The second-order valence-electron chi connectivity index (χ2n) is 6.84. The number of rotatable bonds is 6. The van der Waals surface area contributed by atoms with Crippen LogP contribution < -0.4 is 10.6 Å². The van der Waals surface area contributed by atoms with Crippen molar-refractivity contribution in [1.82, 2.24) is 5.32 Å². The summed E-state index contributed by atoms with van der Waals surface area (Å²) in [5.74, 6) is -0.932. The summed E-state index contributed by atoms with van der Waals surface area (Å²) < 4.78 is 0. The minimum Gasteiger partial charge on any atom is -0.344 e. The van der Waals surface area contributed by atoms with E-state index < -0.39 is 12.0 Å². The first-order valence-electron chi connectivity index (χ1n) is 9.32. The van der Waals surface area contributed by atoms with Gasteiger partial charge in [-0.05, 0) is 37.1 Å². The lowest BCUT2D eigenvalue weighted by molar-refractivity contribution is -0.126. The van der Waals surface area contributed by atoms with Crippen molar-refractivity contribution in [3.8, 4) is 0 Å². The maximum Gasteiger partial charge on any atom is 0.246 e. The fraction of sp³-hybridized carbons (Fsp3) is 0.167. The molecule has 0 unspecified atom stereocenters. The van der Waals surface area contributed by atoms with Gasteiger partial charge in [-0.15, -0.1) is 0 Å². The van der Waals surface area contributed by atoms with Gasteiger partial charge in [0.1, 0.15) is 6.04 Å². The molecule has 142 valence electrons. The maximum atomic E-state index is 13.1. The minimum atomic E-state index is -0.663. The van der Waals surface area contributed by atoms with Gasteiger partial charge < -0.3 is 10.6 Å². The number of anilines is 1. The monoisotopic (exact) mass is 372 g/mol. The van der Waals surface area contributed by atoms with E-state index in [4.69, 9.17) is 0 Å². The second-order valence-corrected chi connectivity index (χ2v) is 6.84. The molecule has 0 aromatic heterocycles. The van der Waals surface area contributed by atoms with Gasteiger partial charge in [0.15, 0.2) is 0 Å². The van der Waals surface area contributed by atoms with Crippen LogP contribution in [0.4, 0.5) is 5.69 Å². The van der Waals surface area contributed by atoms with Gasteiger partial charge >= 0.3 is 0 Å². The predicted octanol–water partition coefficient (Wildman–Crippen LogP) is 4.27. The van der Waals surface area contributed by atoms with Crippen molar-refractivity contribution in [2.45, 2.75) is 25.8 Å². The van der Waals surface area contributed by atoms with Gasteiger partial charge in [0.25, 0.3) is 0 Å². The number of nitrogens with one attached hydrogen (secondary N) is 2. The van der Waals surface area contributed by atoms with Crippen LogP contribution in [-0.4, -0.2) is 17.9 Å². The quantitative estimate of drug-likeness (QED) is 0.679. The molecule has 3 aromatic carbocycles. The van der Waals surface area contributed by atoms with Crippen molar-refractivity contribution in [3.05, 3.63) is 102 Å². The Balaban J connectivity index is 1.74. The number of benzene rings is 3. The van der Waals surface area contributed by atoms with Crippen LogP contribution in [0.15, 0.2) is 84.9 Å². The van der Waals surface area contributed by atoms with Gasteiger partial charge in [-0.2, -0.15) is 0 Å². The normalized spacial score (nSPS) is 11.7. The van der Waals surface area contributed by atoms with Crippen LogP contribution in [0.3, 0.4) is 0 Å². The molecule has 0 bridgehead atoms. The van der Waals surface area contributed by atoms with E-state index in [2.05, 4.69) is 10.6 Å². The Morgan fingerprint density at radius 3 is 1.71 bits per heavy atom. The first-order valence-corrected chi connectivity index (χ1v) is 9.32. The number of amides is 2. The highest BCUT2D eigenvalue weighted by Crippen LogP contribution is 2.25. The highest BCUT2D eigenvalue weighted by molar-refractivity contribution is 5.98. The molecule has 2 amide bonds. The molecular formula is C24H24N2O2. The Hall–Kier alpha value is -3.40. The van der Waals surface area contributed by atoms with E-state index in [0.29, 0.717) is 5.69 Å². The van der Waals surface area contributed by atoms with Crippen LogP contribution in [0, 0.1) is 6.92 Å². The smallest absolute Gasteiger partial charge is 0.246 e. The number of hydrogen-bond donors (Lipinski definition) is 2. The van der Waals surface area contributed by atoms with Crippen molar-refractivity contribution in [1.29, 1.82) is 0 Å². The van der Waals surface area contributed by atoms with Gasteiger partial charge in [0.05, 0.1) is 5.92 Å². The molecule has 0 aliphatic heterocycles. The number of hydrogen-bond acceptors (Lipinski definition) is 2. The van der Waals surface area contributed by atoms with E-state index in [9.17, 15) is 9.59 Å². The lowest BCUT2D eigenvalue weighted by atomic mass is 9.90. The zero-order valence-corrected chi connectivity index (χ0v) is 16.1. The molecule has 0 spiro atoms. The Labute approximate surface area is 165 Å². The predicted molar refractivity (Wildman–Crippen MR) is 112 cm³/mol. The van der Waals surface area contributed by atoms with Gasteiger partial charge in [-0.1, -0.05) is 78.4 Å². The molecule has 1 atom stereocenters. The largest absolute Gasteiger partial charge is 0.344 e. The van der Waals surface area contributed by atoms with Crippen molar-refractivity contribution < 1.29 is 9.59 Å². The van der Waals surface area contributed by atoms with Crippen LogP contribution in [0.25, 0.3) is 0 Å². The van der Waals surface area contributed by atoms with Gasteiger partial charge in [0.2, 0.25) is 11.8 Å². The molecule has 2 N–H and O–H groups in total. The average molecular weight is 372 g/mol. The first kappa shape index (κ1) is 19.4. The standard InChI is InChI=1S/C24H24N2O2/c1-17-13-15-21(16-14-17)26-23(27)18(2)25-24(28)22(19-9-5-3-6-10-19)20-11-7-4-8-12-20/h3-16,18,22H,1-2H3,(H,25,28)(H,26,27)/t18-/m1/s1. The van der Waals surface area contributed by atoms with Gasteiger partial charge in [-0.3, -0.25) is 9.59 Å². The molecule has 0 heterocycles. The number of aryl methyl sites for hydroxylation is 1. The first-order chi connectivity index (χ1) is 13.5. The Kier molecular flexibility index (Phi) is 6.22. The van der Waals surface area contributed by atoms with Crippen molar-refractivity contribution in [3.63, 3.8) is 0 Å². The van der Waals surface area contributed by atoms with E-state index in [1.54, 1.807) is 6.92 Å². The summed E-state index contributed by atoms with van der Waals surface area (Å²) in [5.41, 5.74) is 3.60. The summed E-state index contributed by atoms with van der Waals surface area (Å²) in [7, 11) is 0. The molecule has 3 aromatic rings. The van der Waals surface area contributed by atoms with Crippen LogP contribution >= 0.6 is 0 Å². The third-order valence-corrected chi connectivity index (χ3v) is 4.60. The Morgan fingerprint density at radius 2 is 1.21 bits per heavy atom. The maximum absolute atomic E-state index is 13.1. The van der Waals surface area contributed by atoms with Crippen molar-refractivity contribution >= 4 is 17.5 Å². The molecule has 0 saturated carbocycles. The van der Waals surface area contributed by atoms with E-state index in [0.717, 1.165) is 16.7 Å². The highest BCUT2D eigenvalue weighted by atomic mass is 16.2. The van der Waals surface area contributed by atoms with Gasteiger partial charge in [-0.25, -0.2) is 0 Å². The summed E-state index contributed by atoms with van der Waals surface area (Å²) in [4.78, 5) is 25.6. The third-order valence-electron chi connectivity index (χ3n) is 4.60. The summed E-state index contributed by atoms with van der Waals surface area (Å²) in [5, 5.41) is 5.70. The summed E-state index contributed by atoms with van der Waals surface area (Å²) in [6.07, 6.45) is 0. The molecule has 0 fully saturated rings. The molecule has 0 aliphatic rings. The highest BCUT2D eigenvalue weighted by Gasteiger charge is 2.25. The van der Waals surface area contributed by atoms with E-state index in [-0.39, 0.29) is 11.8 Å². The van der Waals surface area contributed by atoms with Crippen LogP contribution in [0.5, 0.6) is 0 Å². The van der Waals surface area contributed by atoms with Gasteiger partial charge in [0, 0.05) is 5.69 Å². The zero-order valence-electron chi connectivity index (χ0n) is 16.1. The topological polar surface area (TPSA) is 58.2 Å². The van der Waals surface area contributed by atoms with Crippen LogP contribution in [0.2, 0.25) is 0 Å². The Bertz CT molecular complexity index is 882. The lowest BCUT2D eigenvalue weighted by Gasteiger charge is -2.21. The molecule has 0 aliphatic carbocycles. The molecule has 0 saturated heterocycles. The third kappa shape index (κ3) is 4.86. The summed E-state index contributed by atoms with van der Waals surface area (Å²) >= 11 is 0. The molecular weight excluding hydrogens is 348 g/mol. The number of carbonyl (C=O) groups excluding carboxylic acids is 2. The SMILES string of the molecule is Cc1ccc(NC(=O)[C@@H](C)NC(=O)C(c2ccccc2)c2ccccc2)cc1. The number of carbonyl (C=O) groups is 2. The molecule has 4 heteroatoms. The average Bonchev–Trinajstić information content (AvgIpc) is 2.71. The van der Waals surface area contributed by atoms with E-state index in [1.165, 1.54) is 0 Å². The van der Waals surface area contributed by atoms with E-state index in [1.807, 2.05) is 91.9 Å². The van der Waals surface area contributed by atoms with Crippen molar-refractivity contribution in [2.24, 2.45) is 0 Å². The molecule has 3 rings (SSSR count). The van der Waals surface area contributed by atoms with Crippen molar-refractivity contribution in [2.75, 3.05) is 5.32 Å².